The summed E-state index contributed by atoms with van der Waals surface area (Å²) in [4.78, 5) is 14.1. The van der Waals surface area contributed by atoms with Gasteiger partial charge in [-0.2, -0.15) is 0 Å². The molecule has 1 unspecified atom stereocenters. The number of likely N-dealkylation sites (tertiary alicyclic amines) is 1. The molecule has 3 nitrogen and oxygen atoms in total. The van der Waals surface area contributed by atoms with E-state index in [9.17, 15) is 4.79 Å². The van der Waals surface area contributed by atoms with Gasteiger partial charge in [-0.3, -0.25) is 0 Å². The number of urea groups is 1. The fraction of sp³-hybridized carbons (Fsp3) is 0.923. The number of nitrogens with zero attached hydrogens (tertiary/aromatic N) is 1. The molecule has 1 heterocycles. The molecule has 0 aromatic heterocycles. The van der Waals surface area contributed by atoms with Crippen LogP contribution in [0, 0.1) is 0 Å². The highest BCUT2D eigenvalue weighted by atomic mass is 16.2. The van der Waals surface area contributed by atoms with Crippen molar-refractivity contribution in [2.24, 2.45) is 0 Å². The second kappa shape index (κ2) is 5.55. The van der Waals surface area contributed by atoms with Crippen LogP contribution in [0.3, 0.4) is 0 Å². The molecule has 0 spiro atoms. The Labute approximate surface area is 98.6 Å². The van der Waals surface area contributed by atoms with Gasteiger partial charge in [-0.15, -0.1) is 0 Å². The average molecular weight is 224 g/mol. The van der Waals surface area contributed by atoms with E-state index in [-0.39, 0.29) is 6.03 Å². The Morgan fingerprint density at radius 1 is 1.19 bits per heavy atom. The Hall–Kier alpha value is -0.730. The van der Waals surface area contributed by atoms with E-state index < -0.39 is 0 Å². The summed E-state index contributed by atoms with van der Waals surface area (Å²) in [7, 11) is 0. The maximum absolute atomic E-state index is 12.1. The number of carbonyl (C=O) groups is 1. The van der Waals surface area contributed by atoms with Crippen LogP contribution in [0.4, 0.5) is 4.79 Å². The lowest BCUT2D eigenvalue weighted by Gasteiger charge is -2.29. The zero-order chi connectivity index (χ0) is 11.4. The lowest BCUT2D eigenvalue weighted by atomic mass is 9.96. The summed E-state index contributed by atoms with van der Waals surface area (Å²) in [6.45, 7) is 3.13. The Bertz CT molecular complexity index is 236. The first-order valence-electron chi connectivity index (χ1n) is 6.88. The molecule has 1 N–H and O–H groups in total. The second-order valence-electron chi connectivity index (χ2n) is 5.18. The lowest BCUT2D eigenvalue weighted by Crippen LogP contribution is -2.47. The maximum atomic E-state index is 12.1. The molecule has 1 atom stereocenters. The third-order valence-electron chi connectivity index (χ3n) is 4.04. The van der Waals surface area contributed by atoms with Crippen molar-refractivity contribution < 1.29 is 4.79 Å². The summed E-state index contributed by atoms with van der Waals surface area (Å²) >= 11 is 0. The molecule has 1 saturated heterocycles. The van der Waals surface area contributed by atoms with E-state index >= 15 is 0 Å². The maximum Gasteiger partial charge on any atom is 0.317 e. The number of nitrogens with one attached hydrogen (secondary N) is 1. The summed E-state index contributed by atoms with van der Waals surface area (Å²) < 4.78 is 0. The fourth-order valence-corrected chi connectivity index (χ4v) is 3.03. The summed E-state index contributed by atoms with van der Waals surface area (Å²) in [6.07, 6.45) is 9.72. The number of hydrogen-bond acceptors (Lipinski definition) is 1. The average Bonchev–Trinajstić information content (AvgIpc) is 2.78. The molecule has 3 heteroatoms. The zero-order valence-corrected chi connectivity index (χ0v) is 10.4. The first-order valence-corrected chi connectivity index (χ1v) is 6.88. The van der Waals surface area contributed by atoms with Gasteiger partial charge in [0, 0.05) is 18.6 Å². The van der Waals surface area contributed by atoms with Gasteiger partial charge in [-0.25, -0.2) is 4.79 Å². The van der Waals surface area contributed by atoms with Gasteiger partial charge in [0.15, 0.2) is 0 Å². The van der Waals surface area contributed by atoms with E-state index in [1.807, 2.05) is 0 Å². The molecule has 1 aliphatic heterocycles. The first-order chi connectivity index (χ1) is 7.81. The Morgan fingerprint density at radius 3 is 2.62 bits per heavy atom. The van der Waals surface area contributed by atoms with Gasteiger partial charge in [-0.1, -0.05) is 26.2 Å². The zero-order valence-electron chi connectivity index (χ0n) is 10.4. The van der Waals surface area contributed by atoms with E-state index in [0.717, 1.165) is 13.0 Å². The molecular weight excluding hydrogens is 200 g/mol. The summed E-state index contributed by atoms with van der Waals surface area (Å²) in [6, 6.07) is 1.12. The largest absolute Gasteiger partial charge is 0.335 e. The second-order valence-corrected chi connectivity index (χ2v) is 5.18. The van der Waals surface area contributed by atoms with Crippen molar-refractivity contribution >= 4 is 6.03 Å². The third kappa shape index (κ3) is 2.69. The molecule has 2 aliphatic rings. The quantitative estimate of drug-likeness (QED) is 0.768. The van der Waals surface area contributed by atoms with Crippen LogP contribution < -0.4 is 5.32 Å². The monoisotopic (exact) mass is 224 g/mol. The van der Waals surface area contributed by atoms with Gasteiger partial charge < -0.3 is 10.2 Å². The molecule has 16 heavy (non-hydrogen) atoms. The van der Waals surface area contributed by atoms with Crippen molar-refractivity contribution in [3.8, 4) is 0 Å². The first kappa shape index (κ1) is 11.7. The van der Waals surface area contributed by atoms with E-state index in [1.165, 1.54) is 44.9 Å². The van der Waals surface area contributed by atoms with Gasteiger partial charge in [0.2, 0.25) is 0 Å². The van der Waals surface area contributed by atoms with Crippen molar-refractivity contribution in [3.63, 3.8) is 0 Å². The predicted octanol–water partition coefficient (Wildman–Crippen LogP) is 2.90. The normalized spacial score (nSPS) is 27.1. The highest BCUT2D eigenvalue weighted by Gasteiger charge is 2.28. The summed E-state index contributed by atoms with van der Waals surface area (Å²) in [5.41, 5.74) is 0. The van der Waals surface area contributed by atoms with Crippen molar-refractivity contribution in [3.05, 3.63) is 0 Å². The minimum absolute atomic E-state index is 0.191. The standard InChI is InChI=1S/C13H24N2O/c1-2-12-9-6-10-15(12)13(16)14-11-7-4-3-5-8-11/h11-12H,2-10H2,1H3,(H,14,16). The highest BCUT2D eigenvalue weighted by molar-refractivity contribution is 5.75. The van der Waals surface area contributed by atoms with Crippen LogP contribution in [0.1, 0.15) is 58.3 Å². The molecule has 0 aromatic rings. The van der Waals surface area contributed by atoms with Crippen LogP contribution in [-0.4, -0.2) is 29.6 Å². The van der Waals surface area contributed by atoms with Crippen LogP contribution in [0.2, 0.25) is 0 Å². The molecule has 1 saturated carbocycles. The number of carbonyl (C=O) groups excluding carboxylic acids is 1. The fourth-order valence-electron chi connectivity index (χ4n) is 3.03. The third-order valence-corrected chi connectivity index (χ3v) is 4.04. The minimum Gasteiger partial charge on any atom is -0.335 e. The van der Waals surface area contributed by atoms with Crippen LogP contribution in [0.25, 0.3) is 0 Å². The molecule has 1 aliphatic carbocycles. The van der Waals surface area contributed by atoms with Gasteiger partial charge >= 0.3 is 6.03 Å². The van der Waals surface area contributed by atoms with E-state index in [1.54, 1.807) is 0 Å². The summed E-state index contributed by atoms with van der Waals surface area (Å²) in [5, 5.41) is 3.21. The smallest absolute Gasteiger partial charge is 0.317 e. The van der Waals surface area contributed by atoms with Crippen LogP contribution in [0.15, 0.2) is 0 Å². The molecule has 2 fully saturated rings. The molecule has 0 bridgehead atoms. The lowest BCUT2D eigenvalue weighted by molar-refractivity contribution is 0.184. The summed E-state index contributed by atoms with van der Waals surface area (Å²) in [5.74, 6) is 0. The highest BCUT2D eigenvalue weighted by Crippen LogP contribution is 2.21. The van der Waals surface area contributed by atoms with Gasteiger partial charge in [-0.05, 0) is 32.1 Å². The topological polar surface area (TPSA) is 32.3 Å². The van der Waals surface area contributed by atoms with Crippen molar-refractivity contribution in [1.29, 1.82) is 0 Å². The number of amides is 2. The van der Waals surface area contributed by atoms with Crippen LogP contribution in [-0.2, 0) is 0 Å². The number of hydrogen-bond donors (Lipinski definition) is 1. The molecule has 2 amide bonds. The van der Waals surface area contributed by atoms with Crippen molar-refractivity contribution in [1.82, 2.24) is 10.2 Å². The Morgan fingerprint density at radius 2 is 1.94 bits per heavy atom. The van der Waals surface area contributed by atoms with Crippen LogP contribution >= 0.6 is 0 Å². The van der Waals surface area contributed by atoms with Crippen molar-refractivity contribution in [2.75, 3.05) is 6.54 Å². The van der Waals surface area contributed by atoms with Gasteiger partial charge in [0.1, 0.15) is 0 Å². The molecule has 92 valence electrons. The van der Waals surface area contributed by atoms with E-state index in [2.05, 4.69) is 17.1 Å². The van der Waals surface area contributed by atoms with Crippen molar-refractivity contribution in [2.45, 2.75) is 70.4 Å². The molecule has 0 aromatic carbocycles. The molecule has 2 rings (SSSR count). The number of rotatable bonds is 2. The Balaban J connectivity index is 1.82. The van der Waals surface area contributed by atoms with E-state index in [4.69, 9.17) is 0 Å². The predicted molar refractivity (Wildman–Crippen MR) is 65.4 cm³/mol. The van der Waals surface area contributed by atoms with Crippen LogP contribution in [0.5, 0.6) is 0 Å². The van der Waals surface area contributed by atoms with Gasteiger partial charge in [0.25, 0.3) is 0 Å². The molecule has 0 radical (unpaired) electrons. The van der Waals surface area contributed by atoms with E-state index in [0.29, 0.717) is 12.1 Å². The Kier molecular flexibility index (Phi) is 4.08. The van der Waals surface area contributed by atoms with Gasteiger partial charge in [0.05, 0.1) is 0 Å². The SMILES string of the molecule is CCC1CCCN1C(=O)NC1CCCCC1. The molecular formula is C13H24N2O. The minimum atomic E-state index is 0.191.